The topological polar surface area (TPSA) is 91.3 Å². The smallest absolute Gasteiger partial charge is 0.238 e. The van der Waals surface area contributed by atoms with Crippen LogP contribution in [0.2, 0.25) is 0 Å². The van der Waals surface area contributed by atoms with E-state index in [2.05, 4.69) is 5.32 Å². The van der Waals surface area contributed by atoms with Gasteiger partial charge >= 0.3 is 0 Å². The van der Waals surface area contributed by atoms with E-state index in [0.29, 0.717) is 30.2 Å². The summed E-state index contributed by atoms with van der Waals surface area (Å²) >= 11 is 0. The predicted molar refractivity (Wildman–Crippen MR) is 99.7 cm³/mol. The molecule has 1 saturated carbocycles. The van der Waals surface area contributed by atoms with E-state index >= 15 is 0 Å². The number of rotatable bonds is 9. The van der Waals surface area contributed by atoms with Crippen LogP contribution in [0, 0.1) is 0 Å². The van der Waals surface area contributed by atoms with Gasteiger partial charge in [-0.05, 0) is 19.9 Å². The van der Waals surface area contributed by atoms with Crippen molar-refractivity contribution in [3.05, 3.63) is 18.2 Å². The fraction of sp³-hybridized carbons (Fsp3) is 0.632. The van der Waals surface area contributed by atoms with E-state index in [1.807, 2.05) is 0 Å². The number of carbonyl (C=O) groups excluding carboxylic acids is 1. The van der Waals surface area contributed by atoms with Crippen molar-refractivity contribution >= 4 is 11.6 Å². The number of aliphatic hydroxyl groups excluding tert-OH is 1. The van der Waals surface area contributed by atoms with Gasteiger partial charge in [0.25, 0.3) is 0 Å². The molecule has 7 nitrogen and oxygen atoms in total. The monoisotopic (exact) mass is 366 g/mol. The summed E-state index contributed by atoms with van der Waals surface area (Å²) in [6.07, 6.45) is 3.19. The first-order valence-electron chi connectivity index (χ1n) is 8.95. The van der Waals surface area contributed by atoms with Gasteiger partial charge in [0.1, 0.15) is 11.5 Å². The summed E-state index contributed by atoms with van der Waals surface area (Å²) in [4.78, 5) is 14.0. The Labute approximate surface area is 154 Å². The van der Waals surface area contributed by atoms with Gasteiger partial charge in [-0.1, -0.05) is 12.8 Å². The van der Waals surface area contributed by atoms with Crippen LogP contribution in [0.4, 0.5) is 5.69 Å². The molecule has 0 spiro atoms. The Morgan fingerprint density at radius 1 is 1.23 bits per heavy atom. The lowest BCUT2D eigenvalue weighted by Gasteiger charge is -2.27. The van der Waals surface area contributed by atoms with Gasteiger partial charge in [0.2, 0.25) is 5.91 Å². The molecule has 0 saturated heterocycles. The summed E-state index contributed by atoms with van der Waals surface area (Å²) in [6.45, 7) is 0.464. The second-order valence-electron chi connectivity index (χ2n) is 7.14. The Bertz CT molecular complexity index is 579. The molecular formula is C19H30N2O5. The van der Waals surface area contributed by atoms with Gasteiger partial charge in [0.15, 0.2) is 0 Å². The van der Waals surface area contributed by atoms with Crippen molar-refractivity contribution in [2.24, 2.45) is 0 Å². The second kappa shape index (κ2) is 9.21. The molecule has 1 aliphatic rings. The number of methoxy groups -OCH3 is 2. The lowest BCUT2D eigenvalue weighted by molar-refractivity contribution is -0.117. The molecule has 0 aromatic heterocycles. The van der Waals surface area contributed by atoms with Crippen molar-refractivity contribution in [3.8, 4) is 11.5 Å². The van der Waals surface area contributed by atoms with E-state index in [1.165, 1.54) is 0 Å². The molecule has 0 heterocycles. The number of hydrogen-bond acceptors (Lipinski definition) is 6. The number of benzene rings is 1. The maximum Gasteiger partial charge on any atom is 0.238 e. The molecular weight excluding hydrogens is 336 g/mol. The first-order chi connectivity index (χ1) is 12.3. The molecule has 0 bridgehead atoms. The minimum Gasteiger partial charge on any atom is -0.497 e. The van der Waals surface area contributed by atoms with E-state index in [4.69, 9.17) is 9.47 Å². The molecule has 0 aliphatic heterocycles. The van der Waals surface area contributed by atoms with Gasteiger partial charge in [-0.3, -0.25) is 9.69 Å². The Morgan fingerprint density at radius 3 is 2.35 bits per heavy atom. The number of ether oxygens (including phenoxy) is 2. The molecule has 1 atom stereocenters. The van der Waals surface area contributed by atoms with Crippen molar-refractivity contribution in [1.82, 2.24) is 4.90 Å². The van der Waals surface area contributed by atoms with Gasteiger partial charge in [-0.2, -0.15) is 0 Å². The largest absolute Gasteiger partial charge is 0.497 e. The molecule has 1 amide bonds. The Morgan fingerprint density at radius 2 is 1.81 bits per heavy atom. The first kappa shape index (κ1) is 20.5. The maximum absolute atomic E-state index is 12.2. The van der Waals surface area contributed by atoms with Gasteiger partial charge < -0.3 is 25.0 Å². The minimum atomic E-state index is -0.750. The number of hydrogen-bond donors (Lipinski definition) is 3. The summed E-state index contributed by atoms with van der Waals surface area (Å²) in [7, 11) is 4.87. The molecule has 1 aromatic rings. The fourth-order valence-electron chi connectivity index (χ4n) is 3.49. The van der Waals surface area contributed by atoms with E-state index in [9.17, 15) is 15.0 Å². The number of likely N-dealkylation sites (N-methyl/N-ethyl adjacent to an activating group) is 1. The number of nitrogens with zero attached hydrogens (tertiary/aromatic N) is 1. The highest BCUT2D eigenvalue weighted by Gasteiger charge is 2.33. The van der Waals surface area contributed by atoms with E-state index in [1.54, 1.807) is 44.4 Å². The molecule has 7 heteroatoms. The SMILES string of the molecule is COc1cc(NC(=O)CN(C)CC(O)CC2(O)CCCC2)cc(OC)c1. The zero-order valence-corrected chi connectivity index (χ0v) is 15.8. The number of aliphatic hydroxyl groups is 2. The molecule has 1 unspecified atom stereocenters. The van der Waals surface area contributed by atoms with Gasteiger partial charge in [-0.15, -0.1) is 0 Å². The fourth-order valence-corrected chi connectivity index (χ4v) is 3.49. The van der Waals surface area contributed by atoms with Crippen molar-refractivity contribution in [2.75, 3.05) is 39.7 Å². The van der Waals surface area contributed by atoms with E-state index < -0.39 is 11.7 Å². The highest BCUT2D eigenvalue weighted by atomic mass is 16.5. The lowest BCUT2D eigenvalue weighted by atomic mass is 9.94. The Kier molecular flexibility index (Phi) is 7.25. The number of amides is 1. The van der Waals surface area contributed by atoms with Crippen LogP contribution in [0.1, 0.15) is 32.1 Å². The zero-order valence-electron chi connectivity index (χ0n) is 15.8. The molecule has 0 radical (unpaired) electrons. The standard InChI is InChI=1S/C19H30N2O5/c1-21(12-15(22)11-19(24)6-4-5-7-19)13-18(23)20-14-8-16(25-2)10-17(9-14)26-3/h8-10,15,22,24H,4-7,11-13H2,1-3H3,(H,20,23). The summed E-state index contributed by atoms with van der Waals surface area (Å²) in [5.74, 6) is 0.982. The lowest BCUT2D eigenvalue weighted by Crippen LogP contribution is -2.39. The van der Waals surface area contributed by atoms with Crippen molar-refractivity contribution < 1.29 is 24.5 Å². The van der Waals surface area contributed by atoms with Crippen molar-refractivity contribution in [1.29, 1.82) is 0 Å². The van der Waals surface area contributed by atoms with Gasteiger partial charge in [-0.25, -0.2) is 0 Å². The van der Waals surface area contributed by atoms with E-state index in [-0.39, 0.29) is 12.5 Å². The van der Waals surface area contributed by atoms with Crippen LogP contribution in [-0.4, -0.2) is 67.1 Å². The normalized spacial score (nSPS) is 17.2. The summed E-state index contributed by atoms with van der Waals surface area (Å²) in [5.41, 5.74) is -0.167. The number of carbonyl (C=O) groups is 1. The second-order valence-corrected chi connectivity index (χ2v) is 7.14. The van der Waals surface area contributed by atoms with Crippen LogP contribution >= 0.6 is 0 Å². The van der Waals surface area contributed by atoms with Crippen LogP contribution in [0.25, 0.3) is 0 Å². The summed E-state index contributed by atoms with van der Waals surface area (Å²) < 4.78 is 10.4. The van der Waals surface area contributed by atoms with Crippen molar-refractivity contribution in [3.63, 3.8) is 0 Å². The van der Waals surface area contributed by atoms with Crippen molar-refractivity contribution in [2.45, 2.75) is 43.8 Å². The van der Waals surface area contributed by atoms with Gasteiger partial charge in [0, 0.05) is 36.9 Å². The molecule has 26 heavy (non-hydrogen) atoms. The van der Waals surface area contributed by atoms with Crippen LogP contribution in [0.15, 0.2) is 18.2 Å². The third-order valence-corrected chi connectivity index (χ3v) is 4.72. The molecule has 1 aliphatic carbocycles. The number of nitrogens with one attached hydrogen (secondary N) is 1. The van der Waals surface area contributed by atoms with Crippen LogP contribution in [0.3, 0.4) is 0 Å². The third kappa shape index (κ3) is 6.16. The first-order valence-corrected chi connectivity index (χ1v) is 8.95. The average Bonchev–Trinajstić information content (AvgIpc) is 2.99. The summed E-state index contributed by atoms with van der Waals surface area (Å²) in [6, 6.07) is 5.15. The zero-order chi connectivity index (χ0) is 19.2. The quantitative estimate of drug-likeness (QED) is 0.615. The van der Waals surface area contributed by atoms with Crippen LogP contribution in [-0.2, 0) is 4.79 Å². The molecule has 146 valence electrons. The van der Waals surface area contributed by atoms with E-state index in [0.717, 1.165) is 25.7 Å². The highest BCUT2D eigenvalue weighted by molar-refractivity contribution is 5.92. The van der Waals surface area contributed by atoms with Gasteiger partial charge in [0.05, 0.1) is 32.5 Å². The Balaban J connectivity index is 1.83. The third-order valence-electron chi connectivity index (χ3n) is 4.72. The average molecular weight is 366 g/mol. The molecule has 1 fully saturated rings. The molecule has 1 aromatic carbocycles. The Hall–Kier alpha value is -1.83. The predicted octanol–water partition coefficient (Wildman–Crippen LogP) is 1.63. The van der Waals surface area contributed by atoms with Crippen LogP contribution in [0.5, 0.6) is 11.5 Å². The molecule has 2 rings (SSSR count). The summed E-state index contributed by atoms with van der Waals surface area (Å²) in [5, 5.41) is 23.4. The maximum atomic E-state index is 12.2. The highest BCUT2D eigenvalue weighted by Crippen LogP contribution is 2.33. The number of anilines is 1. The van der Waals surface area contributed by atoms with Crippen LogP contribution < -0.4 is 14.8 Å². The molecule has 3 N–H and O–H groups in total. The minimum absolute atomic E-state index is 0.134.